The number of benzene rings is 1. The van der Waals surface area contributed by atoms with Gasteiger partial charge in [-0.2, -0.15) is 0 Å². The molecule has 4 heterocycles. The normalized spacial score (nSPS) is 14.3. The summed E-state index contributed by atoms with van der Waals surface area (Å²) in [4.78, 5) is 40.2. The summed E-state index contributed by atoms with van der Waals surface area (Å²) < 4.78 is 5.51. The van der Waals surface area contributed by atoms with Crippen molar-refractivity contribution in [2.24, 2.45) is 0 Å². The van der Waals surface area contributed by atoms with Gasteiger partial charge in [-0.25, -0.2) is 24.7 Å². The first-order chi connectivity index (χ1) is 19.7. The molecule has 0 radical (unpaired) electrons. The summed E-state index contributed by atoms with van der Waals surface area (Å²) >= 11 is 0. The highest BCUT2D eigenvalue weighted by Gasteiger charge is 2.25. The number of piperazine rings is 1. The van der Waals surface area contributed by atoms with Crippen LogP contribution in [0.5, 0.6) is 0 Å². The molecule has 41 heavy (non-hydrogen) atoms. The molecule has 11 heteroatoms. The second-order valence-corrected chi connectivity index (χ2v) is 11.2. The molecule has 1 aliphatic rings. The van der Waals surface area contributed by atoms with Crippen molar-refractivity contribution >= 4 is 34.7 Å². The van der Waals surface area contributed by atoms with Crippen molar-refractivity contribution < 1.29 is 9.53 Å². The monoisotopic (exact) mass is 557 g/mol. The van der Waals surface area contributed by atoms with Gasteiger partial charge in [-0.1, -0.05) is 6.07 Å². The highest BCUT2D eigenvalue weighted by atomic mass is 16.6. The Morgan fingerprint density at radius 2 is 1.80 bits per heavy atom. The number of hydrogen-bond acceptors (Lipinski definition) is 9. The fourth-order valence-corrected chi connectivity index (χ4v) is 4.89. The lowest BCUT2D eigenvalue weighted by molar-refractivity contribution is 0.0139. The standard InChI is InChI=1S/C30H39N9O2/c1-6-38(7-2)27-18-24(32-20-33-27)22-8-9-23-25(17-22)35-28(34-23)36-26-16-21(10-11-31-26)19-37-12-14-39(15-13-37)29(40)41-30(3,4)5/h8-11,16-18,20H,6-7,12-15,19H2,1-5H3,(H2,31,34,35,36). The molecule has 2 N–H and O–H groups in total. The van der Waals surface area contributed by atoms with E-state index >= 15 is 0 Å². The third-order valence-electron chi connectivity index (χ3n) is 7.02. The minimum Gasteiger partial charge on any atom is -0.444 e. The number of rotatable bonds is 8. The number of anilines is 3. The number of ether oxygens (including phenoxy) is 1. The minimum atomic E-state index is -0.483. The van der Waals surface area contributed by atoms with Gasteiger partial charge in [0.05, 0.1) is 16.7 Å². The summed E-state index contributed by atoms with van der Waals surface area (Å²) in [5.41, 5.74) is 4.28. The number of carbonyl (C=O) groups is 1. The van der Waals surface area contributed by atoms with E-state index in [1.165, 1.54) is 0 Å². The van der Waals surface area contributed by atoms with Crippen LogP contribution in [0.2, 0.25) is 0 Å². The molecule has 11 nitrogen and oxygen atoms in total. The van der Waals surface area contributed by atoms with Crippen LogP contribution in [0.25, 0.3) is 22.3 Å². The van der Waals surface area contributed by atoms with Gasteiger partial charge in [0.25, 0.3) is 0 Å². The van der Waals surface area contributed by atoms with Crippen LogP contribution in [0, 0.1) is 0 Å². The minimum absolute atomic E-state index is 0.244. The number of aromatic amines is 1. The SMILES string of the molecule is CCN(CC)c1cc(-c2ccc3nc(Nc4cc(CN5CCN(C(=O)OC(C)(C)C)CC5)ccn4)[nH]c3c2)ncn1. The molecule has 1 aromatic carbocycles. The number of carbonyl (C=O) groups excluding carboxylic acids is 1. The van der Waals surface area contributed by atoms with Crippen molar-refractivity contribution in [2.75, 3.05) is 49.5 Å². The van der Waals surface area contributed by atoms with Crippen LogP contribution in [0.4, 0.5) is 22.4 Å². The van der Waals surface area contributed by atoms with E-state index in [2.05, 4.69) is 55.0 Å². The zero-order valence-corrected chi connectivity index (χ0v) is 24.5. The Bertz CT molecular complexity index is 1480. The predicted molar refractivity (Wildman–Crippen MR) is 161 cm³/mol. The van der Waals surface area contributed by atoms with Crippen LogP contribution in [0.3, 0.4) is 0 Å². The Morgan fingerprint density at radius 3 is 2.54 bits per heavy atom. The van der Waals surface area contributed by atoms with Gasteiger partial charge in [0.15, 0.2) is 0 Å². The maximum absolute atomic E-state index is 12.4. The number of nitrogens with zero attached hydrogens (tertiary/aromatic N) is 7. The Labute approximate surface area is 241 Å². The molecule has 1 amide bonds. The van der Waals surface area contributed by atoms with Crippen molar-refractivity contribution in [1.29, 1.82) is 0 Å². The van der Waals surface area contributed by atoms with E-state index in [9.17, 15) is 4.79 Å². The lowest BCUT2D eigenvalue weighted by atomic mass is 10.1. The quantitative estimate of drug-likeness (QED) is 0.307. The van der Waals surface area contributed by atoms with E-state index in [0.717, 1.165) is 66.4 Å². The Balaban J connectivity index is 1.22. The van der Waals surface area contributed by atoms with Gasteiger partial charge in [-0.3, -0.25) is 4.90 Å². The number of fused-ring (bicyclic) bond motifs is 1. The Hall–Kier alpha value is -4.25. The smallest absolute Gasteiger partial charge is 0.410 e. The third-order valence-corrected chi connectivity index (χ3v) is 7.02. The number of nitrogens with one attached hydrogen (secondary N) is 2. The van der Waals surface area contributed by atoms with Gasteiger partial charge in [0.2, 0.25) is 5.95 Å². The molecule has 0 saturated carbocycles. The number of hydrogen-bond donors (Lipinski definition) is 2. The van der Waals surface area contributed by atoms with Gasteiger partial charge in [-0.15, -0.1) is 0 Å². The first-order valence-corrected chi connectivity index (χ1v) is 14.2. The van der Waals surface area contributed by atoms with Gasteiger partial charge in [-0.05, 0) is 64.4 Å². The van der Waals surface area contributed by atoms with E-state index in [1.54, 1.807) is 17.4 Å². The first kappa shape index (κ1) is 28.3. The summed E-state index contributed by atoms with van der Waals surface area (Å²) in [6.07, 6.45) is 3.18. The molecular weight excluding hydrogens is 518 g/mol. The number of pyridine rings is 1. The number of imidazole rings is 1. The van der Waals surface area contributed by atoms with Crippen LogP contribution in [-0.2, 0) is 11.3 Å². The number of aromatic nitrogens is 5. The lowest BCUT2D eigenvalue weighted by Crippen LogP contribution is -2.49. The first-order valence-electron chi connectivity index (χ1n) is 14.2. The fraction of sp³-hybridized carbons (Fsp3) is 0.433. The molecule has 1 saturated heterocycles. The fourth-order valence-electron chi connectivity index (χ4n) is 4.89. The molecule has 5 rings (SSSR count). The lowest BCUT2D eigenvalue weighted by Gasteiger charge is -2.35. The maximum atomic E-state index is 12.4. The molecule has 0 bridgehead atoms. The number of amides is 1. The van der Waals surface area contributed by atoms with Crippen molar-refractivity contribution in [3.63, 3.8) is 0 Å². The number of H-pyrrole nitrogens is 1. The van der Waals surface area contributed by atoms with Crippen molar-refractivity contribution in [3.05, 3.63) is 54.5 Å². The van der Waals surface area contributed by atoms with Gasteiger partial charge in [0, 0.05) is 63.6 Å². The average molecular weight is 558 g/mol. The Morgan fingerprint density at radius 1 is 1.02 bits per heavy atom. The molecule has 0 spiro atoms. The summed E-state index contributed by atoms with van der Waals surface area (Å²) in [6.45, 7) is 15.4. The summed E-state index contributed by atoms with van der Waals surface area (Å²) in [5, 5.41) is 3.32. The predicted octanol–water partition coefficient (Wildman–Crippen LogP) is 5.06. The van der Waals surface area contributed by atoms with Crippen molar-refractivity contribution in [1.82, 2.24) is 34.7 Å². The molecule has 0 unspecified atom stereocenters. The highest BCUT2D eigenvalue weighted by Crippen LogP contribution is 2.26. The molecular formula is C30H39N9O2. The summed E-state index contributed by atoms with van der Waals surface area (Å²) in [5.74, 6) is 2.26. The van der Waals surface area contributed by atoms with Crippen molar-refractivity contribution in [2.45, 2.75) is 46.8 Å². The molecule has 0 aliphatic carbocycles. The molecule has 1 fully saturated rings. The van der Waals surface area contributed by atoms with Gasteiger partial charge < -0.3 is 24.8 Å². The largest absolute Gasteiger partial charge is 0.444 e. The zero-order valence-electron chi connectivity index (χ0n) is 24.5. The molecule has 216 valence electrons. The molecule has 3 aromatic heterocycles. The molecule has 4 aromatic rings. The molecule has 1 aliphatic heterocycles. The van der Waals surface area contributed by atoms with Crippen molar-refractivity contribution in [3.8, 4) is 11.3 Å². The average Bonchev–Trinajstić information content (AvgIpc) is 3.35. The van der Waals surface area contributed by atoms with E-state index in [4.69, 9.17) is 9.72 Å². The van der Waals surface area contributed by atoms with Crippen LogP contribution < -0.4 is 10.2 Å². The molecule has 0 atom stereocenters. The third kappa shape index (κ3) is 7.10. The highest BCUT2D eigenvalue weighted by molar-refractivity contribution is 5.83. The van der Waals surface area contributed by atoms with Gasteiger partial charge >= 0.3 is 6.09 Å². The topological polar surface area (TPSA) is 115 Å². The van der Waals surface area contributed by atoms with Crippen LogP contribution in [-0.4, -0.2) is 85.7 Å². The van der Waals surface area contributed by atoms with Crippen LogP contribution in [0.15, 0.2) is 48.9 Å². The van der Waals surface area contributed by atoms with E-state index in [-0.39, 0.29) is 6.09 Å². The maximum Gasteiger partial charge on any atom is 0.410 e. The van der Waals surface area contributed by atoms with Crippen LogP contribution in [0.1, 0.15) is 40.2 Å². The van der Waals surface area contributed by atoms with E-state index < -0.39 is 5.60 Å². The summed E-state index contributed by atoms with van der Waals surface area (Å²) in [7, 11) is 0. The van der Waals surface area contributed by atoms with Gasteiger partial charge in [0.1, 0.15) is 23.6 Å². The summed E-state index contributed by atoms with van der Waals surface area (Å²) in [6, 6.07) is 12.2. The van der Waals surface area contributed by atoms with E-state index in [1.807, 2.05) is 51.1 Å². The zero-order chi connectivity index (χ0) is 29.0. The van der Waals surface area contributed by atoms with Crippen LogP contribution >= 0.6 is 0 Å². The second-order valence-electron chi connectivity index (χ2n) is 11.2. The van der Waals surface area contributed by atoms with E-state index in [0.29, 0.717) is 24.9 Å². The second kappa shape index (κ2) is 12.1. The Kier molecular flexibility index (Phi) is 8.34.